The summed E-state index contributed by atoms with van der Waals surface area (Å²) in [6.07, 6.45) is 0. The van der Waals surface area contributed by atoms with Crippen molar-refractivity contribution < 1.29 is 0 Å². The monoisotopic (exact) mass is 237 g/mol. The van der Waals surface area contributed by atoms with E-state index in [1.165, 1.54) is 0 Å². The maximum absolute atomic E-state index is 11.9. The highest BCUT2D eigenvalue weighted by Crippen LogP contribution is 2.13. The van der Waals surface area contributed by atoms with Gasteiger partial charge in [0.2, 0.25) is 5.95 Å². The number of nitrogens with zero attached hydrogens (tertiary/aromatic N) is 1. The van der Waals surface area contributed by atoms with Gasteiger partial charge in [-0.3, -0.25) is 9.78 Å². The first-order valence-electron chi connectivity index (χ1n) is 5.64. The van der Waals surface area contributed by atoms with E-state index in [-0.39, 0.29) is 5.56 Å². The van der Waals surface area contributed by atoms with Gasteiger partial charge < -0.3 is 5.32 Å². The van der Waals surface area contributed by atoms with Gasteiger partial charge in [0.1, 0.15) is 0 Å². The summed E-state index contributed by atoms with van der Waals surface area (Å²) in [6, 6.07) is 16.9. The fraction of sp³-hybridized carbons (Fsp3) is 0. The Kier molecular flexibility index (Phi) is 2.53. The molecule has 0 unspecified atom stereocenters. The summed E-state index contributed by atoms with van der Waals surface area (Å²) in [7, 11) is 0. The van der Waals surface area contributed by atoms with Crippen molar-refractivity contribution in [3.05, 3.63) is 65.0 Å². The molecule has 4 nitrogen and oxygen atoms in total. The summed E-state index contributed by atoms with van der Waals surface area (Å²) in [5, 5.41) is 3.66. The zero-order valence-corrected chi connectivity index (χ0v) is 9.55. The topological polar surface area (TPSA) is 57.8 Å². The minimum Gasteiger partial charge on any atom is -0.326 e. The molecule has 3 aromatic rings. The minimum absolute atomic E-state index is 0.140. The fourth-order valence-corrected chi connectivity index (χ4v) is 1.80. The van der Waals surface area contributed by atoms with Gasteiger partial charge in [-0.25, -0.2) is 4.98 Å². The summed E-state index contributed by atoms with van der Waals surface area (Å²) in [5.74, 6) is 0.449. The predicted molar refractivity (Wildman–Crippen MR) is 72.1 cm³/mol. The van der Waals surface area contributed by atoms with Crippen molar-refractivity contribution in [1.29, 1.82) is 0 Å². The Bertz CT molecular complexity index is 735. The zero-order valence-electron chi connectivity index (χ0n) is 9.55. The number of anilines is 2. The van der Waals surface area contributed by atoms with Crippen molar-refractivity contribution in [1.82, 2.24) is 9.97 Å². The number of aromatic amines is 1. The van der Waals surface area contributed by atoms with Crippen LogP contribution in [0.2, 0.25) is 0 Å². The van der Waals surface area contributed by atoms with E-state index in [1.807, 2.05) is 48.5 Å². The molecule has 2 aromatic carbocycles. The minimum atomic E-state index is -0.140. The van der Waals surface area contributed by atoms with E-state index < -0.39 is 0 Å². The number of nitrogens with one attached hydrogen (secondary N) is 2. The van der Waals surface area contributed by atoms with E-state index in [1.54, 1.807) is 6.07 Å². The smallest absolute Gasteiger partial charge is 0.260 e. The molecule has 0 spiro atoms. The van der Waals surface area contributed by atoms with Crippen molar-refractivity contribution in [3.8, 4) is 0 Å². The number of hydrogen-bond donors (Lipinski definition) is 2. The summed E-state index contributed by atoms with van der Waals surface area (Å²) in [6.45, 7) is 0. The van der Waals surface area contributed by atoms with Gasteiger partial charge in [0.05, 0.1) is 10.9 Å². The largest absolute Gasteiger partial charge is 0.326 e. The average Bonchev–Trinajstić information content (AvgIpc) is 2.40. The van der Waals surface area contributed by atoms with Crippen molar-refractivity contribution in [2.24, 2.45) is 0 Å². The van der Waals surface area contributed by atoms with Crippen LogP contribution in [0, 0.1) is 0 Å². The normalized spacial score (nSPS) is 10.4. The number of para-hydroxylation sites is 2. The molecule has 0 aliphatic heterocycles. The Morgan fingerprint density at radius 2 is 1.67 bits per heavy atom. The van der Waals surface area contributed by atoms with Crippen molar-refractivity contribution in [3.63, 3.8) is 0 Å². The van der Waals surface area contributed by atoms with Crippen LogP contribution in [0.1, 0.15) is 0 Å². The number of aromatic nitrogens is 2. The summed E-state index contributed by atoms with van der Waals surface area (Å²) in [5.41, 5.74) is 1.43. The van der Waals surface area contributed by atoms with E-state index in [0.29, 0.717) is 16.9 Å². The van der Waals surface area contributed by atoms with Crippen LogP contribution in [-0.2, 0) is 0 Å². The summed E-state index contributed by atoms with van der Waals surface area (Å²) < 4.78 is 0. The molecule has 0 amide bonds. The van der Waals surface area contributed by atoms with Gasteiger partial charge in [0, 0.05) is 5.69 Å². The molecule has 0 atom stereocenters. The third-order valence-corrected chi connectivity index (χ3v) is 2.65. The van der Waals surface area contributed by atoms with Crippen LogP contribution in [0.25, 0.3) is 10.9 Å². The second kappa shape index (κ2) is 4.33. The predicted octanol–water partition coefficient (Wildman–Crippen LogP) is 2.67. The molecule has 0 bridgehead atoms. The maximum atomic E-state index is 11.9. The van der Waals surface area contributed by atoms with Crippen LogP contribution >= 0.6 is 0 Å². The van der Waals surface area contributed by atoms with Crippen LogP contribution in [0.4, 0.5) is 11.6 Å². The van der Waals surface area contributed by atoms with Crippen molar-refractivity contribution >= 4 is 22.5 Å². The molecular formula is C14H11N3O. The molecule has 18 heavy (non-hydrogen) atoms. The third kappa shape index (κ3) is 1.96. The highest BCUT2D eigenvalue weighted by molar-refractivity contribution is 5.78. The van der Waals surface area contributed by atoms with E-state index in [9.17, 15) is 4.79 Å². The fourth-order valence-electron chi connectivity index (χ4n) is 1.80. The molecule has 0 aliphatic rings. The number of rotatable bonds is 2. The first-order chi connectivity index (χ1) is 8.83. The van der Waals surface area contributed by atoms with Gasteiger partial charge >= 0.3 is 0 Å². The standard InChI is InChI=1S/C14H11N3O/c18-13-11-8-4-5-9-12(11)16-14(17-13)15-10-6-2-1-3-7-10/h1-9H,(H2,15,16,17,18). The average molecular weight is 237 g/mol. The molecule has 0 saturated carbocycles. The zero-order chi connectivity index (χ0) is 12.4. The summed E-state index contributed by atoms with van der Waals surface area (Å²) in [4.78, 5) is 18.9. The molecule has 0 saturated heterocycles. The third-order valence-electron chi connectivity index (χ3n) is 2.65. The maximum Gasteiger partial charge on any atom is 0.260 e. The van der Waals surface area contributed by atoms with Crippen molar-refractivity contribution in [2.45, 2.75) is 0 Å². The lowest BCUT2D eigenvalue weighted by molar-refractivity contribution is 1.17. The van der Waals surface area contributed by atoms with Gasteiger partial charge in [0.15, 0.2) is 0 Å². The van der Waals surface area contributed by atoms with Crippen LogP contribution < -0.4 is 10.9 Å². The Morgan fingerprint density at radius 3 is 2.50 bits per heavy atom. The second-order valence-electron chi connectivity index (χ2n) is 3.92. The Morgan fingerprint density at radius 1 is 0.944 bits per heavy atom. The lowest BCUT2D eigenvalue weighted by atomic mass is 10.2. The number of hydrogen-bond acceptors (Lipinski definition) is 3. The molecule has 0 aliphatic carbocycles. The molecule has 88 valence electrons. The van der Waals surface area contributed by atoms with Gasteiger partial charge in [0.25, 0.3) is 5.56 Å². The quantitative estimate of drug-likeness (QED) is 0.720. The molecular weight excluding hydrogens is 226 g/mol. The molecule has 0 radical (unpaired) electrons. The van der Waals surface area contributed by atoms with E-state index in [4.69, 9.17) is 0 Å². The molecule has 4 heteroatoms. The van der Waals surface area contributed by atoms with Crippen LogP contribution in [0.3, 0.4) is 0 Å². The van der Waals surface area contributed by atoms with Gasteiger partial charge in [-0.15, -0.1) is 0 Å². The Balaban J connectivity index is 2.06. The SMILES string of the molecule is O=c1[nH]c(Nc2ccccc2)nc2ccccc12. The molecule has 0 fully saturated rings. The Labute approximate surface area is 103 Å². The van der Waals surface area contributed by atoms with E-state index in [0.717, 1.165) is 5.69 Å². The highest BCUT2D eigenvalue weighted by Gasteiger charge is 2.02. The Hall–Kier alpha value is -2.62. The van der Waals surface area contributed by atoms with E-state index >= 15 is 0 Å². The van der Waals surface area contributed by atoms with Gasteiger partial charge in [-0.1, -0.05) is 30.3 Å². The lowest BCUT2D eigenvalue weighted by Crippen LogP contribution is -2.10. The lowest BCUT2D eigenvalue weighted by Gasteiger charge is -2.05. The first kappa shape index (κ1) is 10.5. The highest BCUT2D eigenvalue weighted by atomic mass is 16.1. The van der Waals surface area contributed by atoms with Crippen molar-refractivity contribution in [2.75, 3.05) is 5.32 Å². The summed E-state index contributed by atoms with van der Waals surface area (Å²) >= 11 is 0. The van der Waals surface area contributed by atoms with Crippen LogP contribution in [0.5, 0.6) is 0 Å². The van der Waals surface area contributed by atoms with Gasteiger partial charge in [-0.05, 0) is 24.3 Å². The molecule has 3 rings (SSSR count). The molecule has 1 heterocycles. The van der Waals surface area contributed by atoms with Crippen LogP contribution in [0.15, 0.2) is 59.4 Å². The van der Waals surface area contributed by atoms with E-state index in [2.05, 4.69) is 15.3 Å². The second-order valence-corrected chi connectivity index (χ2v) is 3.92. The first-order valence-corrected chi connectivity index (χ1v) is 5.64. The number of H-pyrrole nitrogens is 1. The number of benzene rings is 2. The van der Waals surface area contributed by atoms with Crippen LogP contribution in [-0.4, -0.2) is 9.97 Å². The molecule has 1 aromatic heterocycles. The molecule has 2 N–H and O–H groups in total. The van der Waals surface area contributed by atoms with Gasteiger partial charge in [-0.2, -0.15) is 0 Å². The number of fused-ring (bicyclic) bond motifs is 1.